The van der Waals surface area contributed by atoms with Crippen molar-refractivity contribution >= 4 is 22.8 Å². The molecule has 0 amide bonds. The lowest BCUT2D eigenvalue weighted by Gasteiger charge is -1.34. The molecule has 0 fully saturated rings. The van der Waals surface area contributed by atoms with Crippen molar-refractivity contribution in [3.8, 4) is 0 Å². The molecule has 0 aliphatic rings. The average molecular weight is 126 g/mol. The van der Waals surface area contributed by atoms with E-state index in [4.69, 9.17) is 19.8 Å². The van der Waals surface area contributed by atoms with Crippen molar-refractivity contribution < 1.29 is 19.8 Å². The minimum absolute atomic E-state index is 0. The lowest BCUT2D eigenvalue weighted by atomic mass is 11.7. The Labute approximate surface area is 43.8 Å². The van der Waals surface area contributed by atoms with Crippen LogP contribution in [0.4, 0.5) is 0 Å². The van der Waals surface area contributed by atoms with E-state index in [1.807, 2.05) is 0 Å². The van der Waals surface area contributed by atoms with E-state index < -0.39 is 0 Å². The molecule has 5 heteroatoms. The van der Waals surface area contributed by atoms with Gasteiger partial charge in [-0.25, -0.2) is 0 Å². The van der Waals surface area contributed by atoms with Crippen molar-refractivity contribution in [1.29, 1.82) is 0 Å². The van der Waals surface area contributed by atoms with Crippen LogP contribution in [0.1, 0.15) is 0 Å². The normalized spacial score (nSPS) is 3.43. The quantitative estimate of drug-likeness (QED) is 0.337. The van der Waals surface area contributed by atoms with E-state index in [2.05, 4.69) is 0 Å². The predicted octanol–water partition coefficient (Wildman–Crippen LogP) is -0.540. The van der Waals surface area contributed by atoms with Gasteiger partial charge >= 0.3 is 0 Å². The van der Waals surface area contributed by atoms with Gasteiger partial charge in [-0.05, 0) is 0 Å². The zero-order valence-corrected chi connectivity index (χ0v) is 4.99. The summed E-state index contributed by atoms with van der Waals surface area (Å²) in [6, 6.07) is 0. The number of rotatable bonds is 0. The SMILES string of the molecule is O=CO.O=CO.P. The van der Waals surface area contributed by atoms with E-state index in [1.165, 1.54) is 0 Å². The summed E-state index contributed by atoms with van der Waals surface area (Å²) in [7, 11) is 0. The van der Waals surface area contributed by atoms with E-state index in [-0.39, 0.29) is 22.8 Å². The van der Waals surface area contributed by atoms with Gasteiger partial charge in [-0.3, -0.25) is 9.59 Å². The molecule has 7 heavy (non-hydrogen) atoms. The van der Waals surface area contributed by atoms with Gasteiger partial charge in [-0.15, -0.1) is 0 Å². The molecule has 0 heterocycles. The predicted molar refractivity (Wildman–Crippen MR) is 28.5 cm³/mol. The van der Waals surface area contributed by atoms with Gasteiger partial charge in [-0.2, -0.15) is 9.90 Å². The highest BCUT2D eigenvalue weighted by atomic mass is 31.0. The maximum Gasteiger partial charge on any atom is 0.290 e. The highest BCUT2D eigenvalue weighted by Gasteiger charge is 1.22. The van der Waals surface area contributed by atoms with E-state index in [1.54, 1.807) is 0 Å². The fraction of sp³-hybridized carbons (Fsp3) is 0. The summed E-state index contributed by atoms with van der Waals surface area (Å²) < 4.78 is 0. The molecular weight excluding hydrogens is 119 g/mol. The third-order valence-electron chi connectivity index (χ3n) is 0. The van der Waals surface area contributed by atoms with E-state index in [9.17, 15) is 0 Å². The smallest absolute Gasteiger partial charge is 0.290 e. The second-order valence-electron chi connectivity index (χ2n) is 0.211. The first-order chi connectivity index (χ1) is 2.83. The van der Waals surface area contributed by atoms with Crippen molar-refractivity contribution in [2.75, 3.05) is 0 Å². The first kappa shape index (κ1) is 16.2. The molecule has 1 unspecified atom stereocenters. The van der Waals surface area contributed by atoms with Gasteiger partial charge in [0, 0.05) is 0 Å². The fourth-order valence-corrected chi connectivity index (χ4v) is 0. The molecule has 0 aromatic carbocycles. The highest BCUT2D eigenvalue weighted by Crippen LogP contribution is 0.969. The monoisotopic (exact) mass is 126 g/mol. The van der Waals surface area contributed by atoms with Crippen LogP contribution in [0.25, 0.3) is 0 Å². The molecule has 44 valence electrons. The van der Waals surface area contributed by atoms with Crippen LogP contribution in [-0.4, -0.2) is 23.2 Å². The summed E-state index contributed by atoms with van der Waals surface area (Å²) in [4.78, 5) is 16.7. The topological polar surface area (TPSA) is 74.6 Å². The standard InChI is InChI=1S/2CH2O2.H3P/c2*2-1-3;/h2*1H,(H,2,3);1H3. The van der Waals surface area contributed by atoms with Gasteiger partial charge in [0.05, 0.1) is 0 Å². The molecule has 0 aromatic rings. The van der Waals surface area contributed by atoms with Crippen LogP contribution in [0, 0.1) is 0 Å². The molecule has 0 spiro atoms. The Morgan fingerprint density at radius 3 is 1.00 bits per heavy atom. The molecule has 2 N–H and O–H groups in total. The van der Waals surface area contributed by atoms with Gasteiger partial charge < -0.3 is 10.2 Å². The zero-order valence-electron chi connectivity index (χ0n) is 3.57. The van der Waals surface area contributed by atoms with Gasteiger partial charge in [0.15, 0.2) is 0 Å². The second kappa shape index (κ2) is 54.6. The number of hydrogen-bond acceptors (Lipinski definition) is 2. The number of hydrogen-bond donors (Lipinski definition) is 2. The van der Waals surface area contributed by atoms with E-state index >= 15 is 0 Å². The molecule has 0 aromatic heterocycles. The summed E-state index contributed by atoms with van der Waals surface area (Å²) in [5.74, 6) is 0. The minimum atomic E-state index is -0.250. The van der Waals surface area contributed by atoms with Crippen molar-refractivity contribution in [3.63, 3.8) is 0 Å². The number of carbonyl (C=O) groups is 2. The van der Waals surface area contributed by atoms with Gasteiger partial charge in [0.1, 0.15) is 0 Å². The van der Waals surface area contributed by atoms with Crippen molar-refractivity contribution in [2.24, 2.45) is 0 Å². The van der Waals surface area contributed by atoms with E-state index in [0.717, 1.165) is 0 Å². The van der Waals surface area contributed by atoms with Gasteiger partial charge in [0.2, 0.25) is 0 Å². The van der Waals surface area contributed by atoms with Crippen LogP contribution in [0.5, 0.6) is 0 Å². The fourth-order valence-electron chi connectivity index (χ4n) is 0. The molecule has 0 aliphatic heterocycles. The molecule has 0 radical (unpaired) electrons. The first-order valence-corrected chi connectivity index (χ1v) is 0.988. The van der Waals surface area contributed by atoms with Crippen molar-refractivity contribution in [1.82, 2.24) is 0 Å². The van der Waals surface area contributed by atoms with E-state index in [0.29, 0.717) is 0 Å². The Balaban J connectivity index is -0.0000000400. The van der Waals surface area contributed by atoms with Gasteiger partial charge in [-0.1, -0.05) is 0 Å². The number of carboxylic acid groups (broad SMARTS) is 2. The molecular formula is C2H7O4P. The Morgan fingerprint density at radius 2 is 1.00 bits per heavy atom. The van der Waals surface area contributed by atoms with Crippen molar-refractivity contribution in [3.05, 3.63) is 0 Å². The summed E-state index contributed by atoms with van der Waals surface area (Å²) >= 11 is 0. The van der Waals surface area contributed by atoms with Crippen LogP contribution < -0.4 is 0 Å². The maximum atomic E-state index is 8.36. The largest absolute Gasteiger partial charge is 0.483 e. The molecule has 0 bridgehead atoms. The van der Waals surface area contributed by atoms with Crippen LogP contribution in [0.3, 0.4) is 0 Å². The minimum Gasteiger partial charge on any atom is -0.483 e. The lowest BCUT2D eigenvalue weighted by molar-refractivity contribution is -0.123. The first-order valence-electron chi connectivity index (χ1n) is 0.988. The average Bonchev–Trinajstić information content (AvgIpc) is 1.39. The molecule has 4 nitrogen and oxygen atoms in total. The third kappa shape index (κ3) is 154. The molecule has 1 atom stereocenters. The molecule has 0 rings (SSSR count). The Kier molecular flexibility index (Phi) is 126. The maximum absolute atomic E-state index is 8.36. The van der Waals surface area contributed by atoms with Crippen LogP contribution >= 0.6 is 9.90 Å². The molecule has 0 saturated heterocycles. The highest BCUT2D eigenvalue weighted by molar-refractivity contribution is 6.92. The van der Waals surface area contributed by atoms with Crippen LogP contribution in [-0.2, 0) is 9.59 Å². The van der Waals surface area contributed by atoms with Gasteiger partial charge in [0.25, 0.3) is 12.9 Å². The summed E-state index contributed by atoms with van der Waals surface area (Å²) in [6.45, 7) is -0.500. The van der Waals surface area contributed by atoms with Crippen LogP contribution in [0.15, 0.2) is 0 Å². The Morgan fingerprint density at radius 1 is 1.00 bits per heavy atom. The Bertz CT molecular complexity index is 30.7. The third-order valence-corrected chi connectivity index (χ3v) is 0. The summed E-state index contributed by atoms with van der Waals surface area (Å²) in [5, 5.41) is 13.8. The second-order valence-corrected chi connectivity index (χ2v) is 0.211. The zero-order chi connectivity index (χ0) is 5.41. The Hall–Kier alpha value is -0.630. The summed E-state index contributed by atoms with van der Waals surface area (Å²) in [5.41, 5.74) is 0. The molecule has 0 aliphatic carbocycles. The summed E-state index contributed by atoms with van der Waals surface area (Å²) in [6.07, 6.45) is 0. The van der Waals surface area contributed by atoms with Crippen LogP contribution in [0.2, 0.25) is 0 Å². The van der Waals surface area contributed by atoms with Crippen molar-refractivity contribution in [2.45, 2.75) is 0 Å². The lowest BCUT2D eigenvalue weighted by Crippen LogP contribution is -1.49. The molecule has 0 saturated carbocycles.